The van der Waals surface area contributed by atoms with Crippen molar-refractivity contribution in [1.82, 2.24) is 5.32 Å². The Morgan fingerprint density at radius 1 is 1.29 bits per heavy atom. The summed E-state index contributed by atoms with van der Waals surface area (Å²) < 4.78 is 4.44. The second-order valence-electron chi connectivity index (χ2n) is 3.33. The summed E-state index contributed by atoms with van der Waals surface area (Å²) >= 11 is 0. The van der Waals surface area contributed by atoms with E-state index in [-0.39, 0.29) is 25.0 Å². The van der Waals surface area contributed by atoms with Gasteiger partial charge in [-0.1, -0.05) is 0 Å². The summed E-state index contributed by atoms with van der Waals surface area (Å²) in [4.78, 5) is 22.1. The summed E-state index contributed by atoms with van der Waals surface area (Å²) in [5.74, 6) is -0.363. The summed E-state index contributed by atoms with van der Waals surface area (Å²) in [5.41, 5.74) is 6.77. The number of rotatable bonds is 4. The number of carbonyl (C=O) groups excluding carboxylic acids is 2. The van der Waals surface area contributed by atoms with E-state index in [0.29, 0.717) is 11.4 Å². The smallest absolute Gasteiger partial charge is 0.319 e. The molecule has 0 aliphatic carbocycles. The van der Waals surface area contributed by atoms with Crippen LogP contribution in [0.2, 0.25) is 0 Å². The van der Waals surface area contributed by atoms with Crippen molar-refractivity contribution in [2.24, 2.45) is 0 Å². The van der Waals surface area contributed by atoms with Gasteiger partial charge in [-0.15, -0.1) is 0 Å². The number of methoxy groups -OCH3 is 1. The Bertz CT molecular complexity index is 389. The zero-order chi connectivity index (χ0) is 12.7. The highest BCUT2D eigenvalue weighted by Gasteiger charge is 2.03. The van der Waals surface area contributed by atoms with E-state index in [1.807, 2.05) is 0 Å². The van der Waals surface area contributed by atoms with Gasteiger partial charge < -0.3 is 21.1 Å². The first-order valence-corrected chi connectivity index (χ1v) is 5.09. The van der Waals surface area contributed by atoms with Crippen LogP contribution in [0.3, 0.4) is 0 Å². The van der Waals surface area contributed by atoms with Crippen LogP contribution in [-0.2, 0) is 9.53 Å². The zero-order valence-electron chi connectivity index (χ0n) is 9.53. The first-order valence-electron chi connectivity index (χ1n) is 5.09. The molecule has 1 aromatic rings. The highest BCUT2D eigenvalue weighted by atomic mass is 16.5. The molecule has 0 aromatic heterocycles. The molecule has 1 aromatic carbocycles. The number of urea groups is 1. The first-order chi connectivity index (χ1) is 8.11. The Morgan fingerprint density at radius 2 is 1.94 bits per heavy atom. The Hall–Kier alpha value is -2.24. The topological polar surface area (TPSA) is 93.4 Å². The summed E-state index contributed by atoms with van der Waals surface area (Å²) in [5, 5.41) is 5.13. The van der Waals surface area contributed by atoms with Crippen molar-refractivity contribution in [1.29, 1.82) is 0 Å². The molecule has 0 atom stereocenters. The van der Waals surface area contributed by atoms with Gasteiger partial charge in [-0.25, -0.2) is 4.79 Å². The lowest BCUT2D eigenvalue weighted by Crippen LogP contribution is -2.30. The molecule has 0 heterocycles. The summed E-state index contributed by atoms with van der Waals surface area (Å²) in [7, 11) is 1.30. The molecule has 6 nitrogen and oxygen atoms in total. The van der Waals surface area contributed by atoms with Crippen LogP contribution in [0, 0.1) is 0 Å². The van der Waals surface area contributed by atoms with E-state index >= 15 is 0 Å². The molecule has 0 saturated heterocycles. The summed E-state index contributed by atoms with van der Waals surface area (Å²) in [6.45, 7) is 0.230. The van der Waals surface area contributed by atoms with Gasteiger partial charge in [0.15, 0.2) is 0 Å². The van der Waals surface area contributed by atoms with Gasteiger partial charge in [0.1, 0.15) is 0 Å². The molecular weight excluding hydrogens is 222 g/mol. The van der Waals surface area contributed by atoms with E-state index in [1.165, 1.54) is 7.11 Å². The molecule has 0 radical (unpaired) electrons. The fraction of sp³-hybridized carbons (Fsp3) is 0.273. The van der Waals surface area contributed by atoms with Gasteiger partial charge in [0, 0.05) is 17.9 Å². The maximum absolute atomic E-state index is 11.4. The molecule has 4 N–H and O–H groups in total. The average molecular weight is 237 g/mol. The second-order valence-corrected chi connectivity index (χ2v) is 3.33. The highest BCUT2D eigenvalue weighted by Crippen LogP contribution is 2.09. The second kappa shape index (κ2) is 6.37. The number of anilines is 2. The molecule has 0 bridgehead atoms. The van der Waals surface area contributed by atoms with E-state index in [1.54, 1.807) is 24.3 Å². The van der Waals surface area contributed by atoms with E-state index in [0.717, 1.165) is 0 Å². The molecule has 2 amide bonds. The molecule has 6 heteroatoms. The van der Waals surface area contributed by atoms with Gasteiger partial charge >= 0.3 is 12.0 Å². The molecule has 0 aliphatic heterocycles. The van der Waals surface area contributed by atoms with Crippen molar-refractivity contribution >= 4 is 23.4 Å². The number of nitrogen functional groups attached to an aromatic ring is 1. The Kier molecular flexibility index (Phi) is 4.80. The number of hydrogen-bond donors (Lipinski definition) is 3. The normalized spacial score (nSPS) is 9.47. The largest absolute Gasteiger partial charge is 0.469 e. The zero-order valence-corrected chi connectivity index (χ0v) is 9.53. The molecule has 0 spiro atoms. The van der Waals surface area contributed by atoms with Gasteiger partial charge in [-0.3, -0.25) is 4.79 Å². The molecule has 17 heavy (non-hydrogen) atoms. The van der Waals surface area contributed by atoms with Gasteiger partial charge in [-0.05, 0) is 24.3 Å². The number of carbonyl (C=O) groups is 2. The van der Waals surface area contributed by atoms with Crippen LogP contribution < -0.4 is 16.4 Å². The van der Waals surface area contributed by atoms with Crippen LogP contribution in [0.15, 0.2) is 24.3 Å². The quantitative estimate of drug-likeness (QED) is 0.537. The van der Waals surface area contributed by atoms with Gasteiger partial charge in [0.25, 0.3) is 0 Å². The fourth-order valence-electron chi connectivity index (χ4n) is 1.12. The van der Waals surface area contributed by atoms with Gasteiger partial charge in [-0.2, -0.15) is 0 Å². The average Bonchev–Trinajstić information content (AvgIpc) is 2.32. The molecular formula is C11H15N3O3. The standard InChI is InChI=1S/C11H15N3O3/c1-17-10(15)6-7-13-11(16)14-9-4-2-8(12)3-5-9/h2-5H,6-7,12H2,1H3,(H2,13,14,16). The number of esters is 1. The minimum Gasteiger partial charge on any atom is -0.469 e. The summed E-state index contributed by atoms with van der Waals surface area (Å²) in [6.07, 6.45) is 0.145. The maximum atomic E-state index is 11.4. The first kappa shape index (κ1) is 12.8. The molecule has 92 valence electrons. The van der Waals surface area contributed by atoms with Crippen LogP contribution in [0.4, 0.5) is 16.2 Å². The lowest BCUT2D eigenvalue weighted by molar-refractivity contribution is -0.140. The van der Waals surface area contributed by atoms with Gasteiger partial charge in [0.05, 0.1) is 13.5 Å². The van der Waals surface area contributed by atoms with Gasteiger partial charge in [0.2, 0.25) is 0 Å². The Labute approximate surface area is 99.1 Å². The number of ether oxygens (including phenoxy) is 1. The maximum Gasteiger partial charge on any atom is 0.319 e. The SMILES string of the molecule is COC(=O)CCNC(=O)Nc1ccc(N)cc1. The van der Waals surface area contributed by atoms with Crippen molar-refractivity contribution in [2.45, 2.75) is 6.42 Å². The molecule has 0 aliphatic rings. The fourth-order valence-corrected chi connectivity index (χ4v) is 1.12. The van der Waals surface area contributed by atoms with E-state index < -0.39 is 0 Å². The predicted octanol–water partition coefficient (Wildman–Crippen LogP) is 0.953. The third-order valence-corrected chi connectivity index (χ3v) is 2.01. The van der Waals surface area contributed by atoms with Crippen LogP contribution >= 0.6 is 0 Å². The lowest BCUT2D eigenvalue weighted by atomic mass is 10.3. The van der Waals surface area contributed by atoms with Crippen LogP contribution in [0.5, 0.6) is 0 Å². The molecule has 0 fully saturated rings. The third-order valence-electron chi connectivity index (χ3n) is 2.01. The monoisotopic (exact) mass is 237 g/mol. The number of amides is 2. The van der Waals surface area contributed by atoms with Crippen molar-refractivity contribution in [3.63, 3.8) is 0 Å². The predicted molar refractivity (Wildman–Crippen MR) is 64.5 cm³/mol. The number of nitrogens with one attached hydrogen (secondary N) is 2. The van der Waals surface area contributed by atoms with Crippen molar-refractivity contribution < 1.29 is 14.3 Å². The van der Waals surface area contributed by atoms with Crippen LogP contribution in [-0.4, -0.2) is 25.7 Å². The third kappa shape index (κ3) is 4.87. The minimum atomic E-state index is -0.376. The van der Waals surface area contributed by atoms with Crippen LogP contribution in [0.1, 0.15) is 6.42 Å². The lowest BCUT2D eigenvalue weighted by Gasteiger charge is -2.07. The number of hydrogen-bond acceptors (Lipinski definition) is 4. The van der Waals surface area contributed by atoms with E-state index in [2.05, 4.69) is 15.4 Å². The molecule has 0 unspecified atom stereocenters. The van der Waals surface area contributed by atoms with E-state index in [4.69, 9.17) is 5.73 Å². The molecule has 1 rings (SSSR count). The van der Waals surface area contributed by atoms with Crippen LogP contribution in [0.25, 0.3) is 0 Å². The van der Waals surface area contributed by atoms with Crippen molar-refractivity contribution in [3.05, 3.63) is 24.3 Å². The van der Waals surface area contributed by atoms with Crippen molar-refractivity contribution in [2.75, 3.05) is 24.7 Å². The Morgan fingerprint density at radius 3 is 2.53 bits per heavy atom. The number of nitrogens with two attached hydrogens (primary N) is 1. The Balaban J connectivity index is 2.30. The minimum absolute atomic E-state index is 0.145. The van der Waals surface area contributed by atoms with E-state index in [9.17, 15) is 9.59 Å². The number of benzene rings is 1. The molecule has 0 saturated carbocycles. The summed E-state index contributed by atoms with van der Waals surface area (Å²) in [6, 6.07) is 6.37. The van der Waals surface area contributed by atoms with Crippen molar-refractivity contribution in [3.8, 4) is 0 Å². The highest BCUT2D eigenvalue weighted by molar-refractivity contribution is 5.89.